The highest BCUT2D eigenvalue weighted by Crippen LogP contribution is 2.17. The molecule has 0 radical (unpaired) electrons. The van der Waals surface area contributed by atoms with Crippen molar-refractivity contribution in [1.82, 2.24) is 9.61 Å². The van der Waals surface area contributed by atoms with Crippen LogP contribution in [-0.2, 0) is 13.2 Å². The number of aliphatic hydroxyl groups excluding tert-OH is 1. The zero-order valence-electron chi connectivity index (χ0n) is 10.5. The number of hydrogen-bond acceptors (Lipinski definition) is 3. The summed E-state index contributed by atoms with van der Waals surface area (Å²) in [5.41, 5.74) is 4.09. The van der Waals surface area contributed by atoms with E-state index in [-0.39, 0.29) is 6.61 Å². The highest BCUT2D eigenvalue weighted by atomic mass is 16.3. The van der Waals surface area contributed by atoms with E-state index in [4.69, 9.17) is 0 Å². The van der Waals surface area contributed by atoms with Crippen LogP contribution < -0.4 is 5.32 Å². The van der Waals surface area contributed by atoms with Crippen molar-refractivity contribution >= 4 is 11.2 Å². The third kappa shape index (κ3) is 2.30. The second-order valence-electron chi connectivity index (χ2n) is 4.37. The van der Waals surface area contributed by atoms with Gasteiger partial charge >= 0.3 is 0 Å². The molecular weight excluding hydrogens is 238 g/mol. The quantitative estimate of drug-likeness (QED) is 0.751. The first kappa shape index (κ1) is 11.7. The van der Waals surface area contributed by atoms with Crippen LogP contribution in [-0.4, -0.2) is 14.7 Å². The number of fused-ring (bicyclic) bond motifs is 1. The van der Waals surface area contributed by atoms with Gasteiger partial charge in [-0.2, -0.15) is 5.10 Å². The number of pyridine rings is 1. The maximum Gasteiger partial charge on any atom is 0.0711 e. The largest absolute Gasteiger partial charge is 0.392 e. The smallest absolute Gasteiger partial charge is 0.0711 e. The topological polar surface area (TPSA) is 49.6 Å². The van der Waals surface area contributed by atoms with Crippen molar-refractivity contribution in [3.8, 4) is 0 Å². The van der Waals surface area contributed by atoms with Crippen molar-refractivity contribution in [3.63, 3.8) is 0 Å². The fourth-order valence-electron chi connectivity index (χ4n) is 2.14. The third-order valence-electron chi connectivity index (χ3n) is 3.16. The Labute approximate surface area is 111 Å². The van der Waals surface area contributed by atoms with Gasteiger partial charge in [0.15, 0.2) is 0 Å². The predicted molar refractivity (Wildman–Crippen MR) is 74.9 cm³/mol. The average molecular weight is 253 g/mol. The van der Waals surface area contributed by atoms with Crippen LogP contribution >= 0.6 is 0 Å². The normalized spacial score (nSPS) is 10.8. The van der Waals surface area contributed by atoms with E-state index in [9.17, 15) is 5.11 Å². The average Bonchev–Trinajstić information content (AvgIpc) is 2.89. The van der Waals surface area contributed by atoms with Gasteiger partial charge in [0.1, 0.15) is 0 Å². The van der Waals surface area contributed by atoms with E-state index in [0.29, 0.717) is 6.54 Å². The number of anilines is 1. The number of nitrogens with zero attached hydrogens (tertiary/aromatic N) is 2. The molecule has 3 aromatic rings. The summed E-state index contributed by atoms with van der Waals surface area (Å²) in [6.07, 6.45) is 3.80. The van der Waals surface area contributed by atoms with Crippen LogP contribution in [0.2, 0.25) is 0 Å². The molecule has 0 saturated carbocycles. The second kappa shape index (κ2) is 5.12. The van der Waals surface area contributed by atoms with Gasteiger partial charge < -0.3 is 10.4 Å². The first-order valence-electron chi connectivity index (χ1n) is 6.22. The molecule has 0 aliphatic carbocycles. The standard InChI is InChI=1S/C15H15N3O/c19-11-12-5-1-2-6-14(12)16-9-13-10-17-18-8-4-3-7-15(13)18/h1-8,10,16,19H,9,11H2. The Hall–Kier alpha value is -2.33. The summed E-state index contributed by atoms with van der Waals surface area (Å²) < 4.78 is 1.86. The summed E-state index contributed by atoms with van der Waals surface area (Å²) in [6.45, 7) is 0.725. The molecule has 19 heavy (non-hydrogen) atoms. The fourth-order valence-corrected chi connectivity index (χ4v) is 2.14. The first-order valence-corrected chi connectivity index (χ1v) is 6.22. The lowest BCUT2D eigenvalue weighted by Gasteiger charge is -2.09. The van der Waals surface area contributed by atoms with Gasteiger partial charge in [-0.3, -0.25) is 0 Å². The number of benzene rings is 1. The van der Waals surface area contributed by atoms with Crippen LogP contribution in [0.1, 0.15) is 11.1 Å². The van der Waals surface area contributed by atoms with Gasteiger partial charge in [-0.05, 0) is 18.2 Å². The fraction of sp³-hybridized carbons (Fsp3) is 0.133. The number of hydrogen-bond donors (Lipinski definition) is 2. The Morgan fingerprint density at radius 2 is 1.89 bits per heavy atom. The van der Waals surface area contributed by atoms with Crippen molar-refractivity contribution in [2.24, 2.45) is 0 Å². The van der Waals surface area contributed by atoms with E-state index < -0.39 is 0 Å². The Morgan fingerprint density at radius 3 is 2.79 bits per heavy atom. The van der Waals surface area contributed by atoms with Crippen LogP contribution in [0.25, 0.3) is 5.52 Å². The molecule has 0 spiro atoms. The number of aliphatic hydroxyl groups is 1. The Balaban J connectivity index is 1.82. The van der Waals surface area contributed by atoms with Gasteiger partial charge in [-0.15, -0.1) is 0 Å². The summed E-state index contributed by atoms with van der Waals surface area (Å²) in [5, 5.41) is 16.9. The van der Waals surface area contributed by atoms with Gasteiger partial charge in [-0.1, -0.05) is 24.3 Å². The molecule has 0 fully saturated rings. The van der Waals surface area contributed by atoms with E-state index in [0.717, 1.165) is 22.3 Å². The summed E-state index contributed by atoms with van der Waals surface area (Å²) in [7, 11) is 0. The molecule has 96 valence electrons. The molecule has 2 heterocycles. The SMILES string of the molecule is OCc1ccccc1NCc1cnn2ccccc12. The van der Waals surface area contributed by atoms with Gasteiger partial charge in [-0.25, -0.2) is 4.52 Å². The van der Waals surface area contributed by atoms with Crippen LogP contribution in [0, 0.1) is 0 Å². The van der Waals surface area contributed by atoms with Crippen molar-refractivity contribution in [2.45, 2.75) is 13.2 Å². The molecule has 2 N–H and O–H groups in total. The van der Waals surface area contributed by atoms with Crippen LogP contribution in [0.3, 0.4) is 0 Å². The van der Waals surface area contributed by atoms with E-state index in [2.05, 4.69) is 10.4 Å². The van der Waals surface area contributed by atoms with Crippen molar-refractivity contribution < 1.29 is 5.11 Å². The Bertz CT molecular complexity index is 690. The minimum absolute atomic E-state index is 0.0396. The monoisotopic (exact) mass is 253 g/mol. The van der Waals surface area contributed by atoms with Crippen LogP contribution in [0.5, 0.6) is 0 Å². The minimum Gasteiger partial charge on any atom is -0.392 e. The van der Waals surface area contributed by atoms with Gasteiger partial charge in [0, 0.05) is 29.6 Å². The molecule has 0 saturated heterocycles. The number of aromatic nitrogens is 2. The first-order chi connectivity index (χ1) is 9.38. The van der Waals surface area contributed by atoms with Gasteiger partial charge in [0.25, 0.3) is 0 Å². The van der Waals surface area contributed by atoms with Crippen LogP contribution in [0.4, 0.5) is 5.69 Å². The van der Waals surface area contributed by atoms with E-state index in [1.54, 1.807) is 0 Å². The number of rotatable bonds is 4. The molecular formula is C15H15N3O. The zero-order valence-corrected chi connectivity index (χ0v) is 10.5. The summed E-state index contributed by atoms with van der Waals surface area (Å²) >= 11 is 0. The summed E-state index contributed by atoms with van der Waals surface area (Å²) in [5.74, 6) is 0. The van der Waals surface area contributed by atoms with Crippen molar-refractivity contribution in [1.29, 1.82) is 0 Å². The summed E-state index contributed by atoms with van der Waals surface area (Å²) in [4.78, 5) is 0. The molecule has 2 aromatic heterocycles. The second-order valence-corrected chi connectivity index (χ2v) is 4.37. The minimum atomic E-state index is 0.0396. The molecule has 0 unspecified atom stereocenters. The molecule has 0 aliphatic heterocycles. The maximum absolute atomic E-state index is 9.29. The predicted octanol–water partition coefficient (Wildman–Crippen LogP) is 2.44. The van der Waals surface area contributed by atoms with E-state index in [1.165, 1.54) is 0 Å². The number of nitrogens with one attached hydrogen (secondary N) is 1. The van der Waals surface area contributed by atoms with E-state index in [1.807, 2.05) is 59.4 Å². The summed E-state index contributed by atoms with van der Waals surface area (Å²) in [6, 6.07) is 13.8. The molecule has 0 amide bonds. The van der Waals surface area contributed by atoms with Gasteiger partial charge in [0.05, 0.1) is 18.3 Å². The van der Waals surface area contributed by atoms with Crippen molar-refractivity contribution in [2.75, 3.05) is 5.32 Å². The maximum atomic E-state index is 9.29. The molecule has 1 aromatic carbocycles. The molecule has 0 aliphatic rings. The van der Waals surface area contributed by atoms with E-state index >= 15 is 0 Å². The van der Waals surface area contributed by atoms with Crippen LogP contribution in [0.15, 0.2) is 54.9 Å². The van der Waals surface area contributed by atoms with Crippen molar-refractivity contribution in [3.05, 3.63) is 66.0 Å². The molecule has 4 heteroatoms. The van der Waals surface area contributed by atoms with Gasteiger partial charge in [0.2, 0.25) is 0 Å². The highest BCUT2D eigenvalue weighted by Gasteiger charge is 2.04. The zero-order chi connectivity index (χ0) is 13.1. The molecule has 4 nitrogen and oxygen atoms in total. The Morgan fingerprint density at radius 1 is 1.05 bits per heavy atom. The lowest BCUT2D eigenvalue weighted by atomic mass is 10.2. The lowest BCUT2D eigenvalue weighted by Crippen LogP contribution is -2.02. The lowest BCUT2D eigenvalue weighted by molar-refractivity contribution is 0.282. The number of para-hydroxylation sites is 1. The third-order valence-corrected chi connectivity index (χ3v) is 3.16. The molecule has 3 rings (SSSR count). The Kier molecular flexibility index (Phi) is 3.16. The molecule has 0 atom stereocenters. The highest BCUT2D eigenvalue weighted by molar-refractivity contribution is 5.57. The molecule has 0 bridgehead atoms.